The number of benzene rings is 2. The van der Waals surface area contributed by atoms with E-state index in [0.29, 0.717) is 0 Å². The smallest absolute Gasteiger partial charge is 0.306 e. The van der Waals surface area contributed by atoms with E-state index in [0.717, 1.165) is 12.1 Å². The molecule has 17 heteroatoms. The topological polar surface area (TPSA) is 264 Å². The molecule has 2 aliphatic rings. The van der Waals surface area contributed by atoms with E-state index < -0.39 is 102 Å². The van der Waals surface area contributed by atoms with Crippen LogP contribution in [-0.2, 0) is 23.7 Å². The number of esters is 1. The van der Waals surface area contributed by atoms with Gasteiger partial charge in [-0.05, 0) is 31.0 Å². The fraction of sp³-hybridized carbons (Fsp3) is 0.515. The maximum Gasteiger partial charge on any atom is 0.306 e. The standard InChI is InChI=1S/C33H40O17/c1-12(2)7-21(37)49-31-27(42)24(39)20(11-45-32-28(43)26(41)23(38)13(3)46-32)48-33(31)50-30-25(40)22-17(36)9-15(34)10-19(22)47-29(30)14-5-6-16(35)18(8-14)44-4/h5-6,8-10,12-13,20,23-24,26-28,31-36,38-39,41-43H,7,11H2,1-4H3. The molecule has 2 aliphatic heterocycles. The van der Waals surface area contributed by atoms with Crippen molar-refractivity contribution in [2.24, 2.45) is 5.92 Å². The van der Waals surface area contributed by atoms with Crippen LogP contribution in [0.5, 0.6) is 28.7 Å². The molecule has 0 radical (unpaired) electrons. The zero-order valence-electron chi connectivity index (χ0n) is 27.4. The maximum absolute atomic E-state index is 14.0. The molecule has 8 N–H and O–H groups in total. The van der Waals surface area contributed by atoms with Gasteiger partial charge in [0.25, 0.3) is 0 Å². The van der Waals surface area contributed by atoms with Crippen LogP contribution in [0.15, 0.2) is 39.5 Å². The van der Waals surface area contributed by atoms with Crippen molar-refractivity contribution >= 4 is 16.9 Å². The van der Waals surface area contributed by atoms with Crippen molar-refractivity contribution in [1.29, 1.82) is 0 Å². The van der Waals surface area contributed by atoms with Crippen molar-refractivity contribution in [3.63, 3.8) is 0 Å². The molecule has 10 atom stereocenters. The lowest BCUT2D eigenvalue weighted by molar-refractivity contribution is -0.319. The Bertz CT molecular complexity index is 1740. The van der Waals surface area contributed by atoms with Crippen LogP contribution in [-0.4, -0.2) is 122 Å². The largest absolute Gasteiger partial charge is 0.508 e. The molecule has 1 aromatic heterocycles. The van der Waals surface area contributed by atoms with Gasteiger partial charge < -0.3 is 73.7 Å². The van der Waals surface area contributed by atoms with Crippen LogP contribution in [0, 0.1) is 5.92 Å². The van der Waals surface area contributed by atoms with Gasteiger partial charge in [0, 0.05) is 24.1 Å². The maximum atomic E-state index is 14.0. The number of phenolic OH excluding ortho intramolecular Hbond substituents is 3. The number of hydrogen-bond donors (Lipinski definition) is 8. The Hall–Kier alpha value is -4.20. The molecule has 0 aliphatic carbocycles. The van der Waals surface area contributed by atoms with Crippen LogP contribution >= 0.6 is 0 Å². The van der Waals surface area contributed by atoms with Gasteiger partial charge in [0.2, 0.25) is 17.5 Å². The van der Waals surface area contributed by atoms with Gasteiger partial charge in [0.15, 0.2) is 29.7 Å². The molecule has 5 rings (SSSR count). The highest BCUT2D eigenvalue weighted by molar-refractivity contribution is 5.88. The van der Waals surface area contributed by atoms with Crippen molar-refractivity contribution in [3.8, 4) is 40.1 Å². The number of aliphatic hydroxyl groups is 5. The summed E-state index contributed by atoms with van der Waals surface area (Å²) in [5.74, 6) is -3.32. The Kier molecular flexibility index (Phi) is 11.1. The molecule has 2 fully saturated rings. The number of hydrogen-bond acceptors (Lipinski definition) is 17. The summed E-state index contributed by atoms with van der Waals surface area (Å²) in [5, 5.41) is 83.3. The lowest BCUT2D eigenvalue weighted by Gasteiger charge is -2.43. The highest BCUT2D eigenvalue weighted by Gasteiger charge is 2.50. The average molecular weight is 709 g/mol. The zero-order valence-corrected chi connectivity index (χ0v) is 27.4. The van der Waals surface area contributed by atoms with Crippen LogP contribution in [0.3, 0.4) is 0 Å². The molecular weight excluding hydrogens is 668 g/mol. The number of fused-ring (bicyclic) bond motifs is 1. The predicted molar refractivity (Wildman–Crippen MR) is 168 cm³/mol. The van der Waals surface area contributed by atoms with Crippen LogP contribution in [0.2, 0.25) is 0 Å². The lowest BCUT2D eigenvalue weighted by atomic mass is 9.98. The summed E-state index contributed by atoms with van der Waals surface area (Å²) in [5.41, 5.74) is -1.16. The van der Waals surface area contributed by atoms with E-state index in [-0.39, 0.29) is 40.7 Å². The summed E-state index contributed by atoms with van der Waals surface area (Å²) in [6.07, 6.45) is -16.1. The minimum atomic E-state index is -1.91. The molecule has 3 heterocycles. The van der Waals surface area contributed by atoms with Gasteiger partial charge in [-0.2, -0.15) is 0 Å². The zero-order chi connectivity index (χ0) is 36.6. The number of carbonyl (C=O) groups excluding carboxylic acids is 1. The number of aromatic hydroxyl groups is 3. The Balaban J connectivity index is 1.56. The van der Waals surface area contributed by atoms with E-state index in [2.05, 4.69) is 0 Å². The third kappa shape index (κ3) is 7.45. The van der Waals surface area contributed by atoms with Crippen LogP contribution in [0.4, 0.5) is 0 Å². The normalized spacial score (nSPS) is 30.0. The molecule has 3 aromatic rings. The van der Waals surface area contributed by atoms with Crippen molar-refractivity contribution in [2.75, 3.05) is 13.7 Å². The summed E-state index contributed by atoms with van der Waals surface area (Å²) >= 11 is 0. The summed E-state index contributed by atoms with van der Waals surface area (Å²) < 4.78 is 39.6. The highest BCUT2D eigenvalue weighted by atomic mass is 16.7. The number of methoxy groups -OCH3 is 1. The molecule has 17 nitrogen and oxygen atoms in total. The van der Waals surface area contributed by atoms with E-state index in [4.69, 9.17) is 32.8 Å². The number of phenols is 3. The number of carbonyl (C=O) groups is 1. The van der Waals surface area contributed by atoms with Crippen LogP contribution < -0.4 is 14.9 Å². The van der Waals surface area contributed by atoms with Crippen molar-refractivity contribution < 1.29 is 78.5 Å². The second-order valence-electron chi connectivity index (χ2n) is 12.5. The van der Waals surface area contributed by atoms with E-state index in [9.17, 15) is 50.4 Å². The molecule has 50 heavy (non-hydrogen) atoms. The van der Waals surface area contributed by atoms with E-state index >= 15 is 0 Å². The molecule has 10 unspecified atom stereocenters. The fourth-order valence-corrected chi connectivity index (χ4v) is 5.64. The summed E-state index contributed by atoms with van der Waals surface area (Å²) in [6.45, 7) is 4.30. The van der Waals surface area contributed by atoms with Gasteiger partial charge >= 0.3 is 5.97 Å². The van der Waals surface area contributed by atoms with Gasteiger partial charge in [-0.25, -0.2) is 0 Å². The highest BCUT2D eigenvalue weighted by Crippen LogP contribution is 2.40. The Morgan fingerprint density at radius 1 is 0.880 bits per heavy atom. The fourth-order valence-electron chi connectivity index (χ4n) is 5.64. The quantitative estimate of drug-likeness (QED) is 0.131. The first-order valence-corrected chi connectivity index (χ1v) is 15.7. The van der Waals surface area contributed by atoms with Crippen molar-refractivity contribution in [1.82, 2.24) is 0 Å². The number of ether oxygens (including phenoxy) is 6. The molecule has 274 valence electrons. The molecule has 2 saturated heterocycles. The van der Waals surface area contributed by atoms with Gasteiger partial charge in [0.05, 0.1) is 19.8 Å². The van der Waals surface area contributed by atoms with Gasteiger partial charge in [-0.3, -0.25) is 9.59 Å². The predicted octanol–water partition coefficient (Wildman–Crippen LogP) is 0.213. The van der Waals surface area contributed by atoms with Crippen molar-refractivity contribution in [2.45, 2.75) is 88.6 Å². The van der Waals surface area contributed by atoms with Gasteiger partial charge in [-0.1, -0.05) is 13.8 Å². The Morgan fingerprint density at radius 2 is 1.60 bits per heavy atom. The summed E-state index contributed by atoms with van der Waals surface area (Å²) in [6, 6.07) is 5.85. The SMILES string of the molecule is COc1cc(-c2oc3cc(O)cc(O)c3c(=O)c2OC2OC(COC3OC(C)C(O)C(O)C3O)C(O)C(O)C2OC(=O)CC(C)C)ccc1O. The molecule has 0 amide bonds. The van der Waals surface area contributed by atoms with Crippen LogP contribution in [0.1, 0.15) is 27.2 Å². The first-order chi connectivity index (χ1) is 23.6. The molecule has 0 bridgehead atoms. The first-order valence-electron chi connectivity index (χ1n) is 15.7. The third-order valence-electron chi connectivity index (χ3n) is 8.31. The van der Waals surface area contributed by atoms with E-state index in [1.165, 1.54) is 32.2 Å². The second-order valence-corrected chi connectivity index (χ2v) is 12.5. The summed E-state index contributed by atoms with van der Waals surface area (Å²) in [4.78, 5) is 26.8. The number of aliphatic hydroxyl groups excluding tert-OH is 5. The van der Waals surface area contributed by atoms with Gasteiger partial charge in [0.1, 0.15) is 59.1 Å². The minimum absolute atomic E-state index is 0.0285. The Morgan fingerprint density at radius 3 is 2.28 bits per heavy atom. The average Bonchev–Trinajstić information content (AvgIpc) is 3.05. The van der Waals surface area contributed by atoms with Crippen molar-refractivity contribution in [3.05, 3.63) is 40.6 Å². The number of rotatable bonds is 10. The third-order valence-corrected chi connectivity index (χ3v) is 8.31. The minimum Gasteiger partial charge on any atom is -0.508 e. The first kappa shape index (κ1) is 37.1. The second kappa shape index (κ2) is 15.0. The summed E-state index contributed by atoms with van der Waals surface area (Å²) in [7, 11) is 1.28. The van der Waals surface area contributed by atoms with E-state index in [1.807, 2.05) is 0 Å². The monoisotopic (exact) mass is 708 g/mol. The molecule has 0 spiro atoms. The van der Waals surface area contributed by atoms with Gasteiger partial charge in [-0.15, -0.1) is 0 Å². The molecule has 0 saturated carbocycles. The molecular formula is C33H40O17. The van der Waals surface area contributed by atoms with E-state index in [1.54, 1.807) is 13.8 Å². The van der Waals surface area contributed by atoms with Crippen LogP contribution in [0.25, 0.3) is 22.3 Å². The lowest BCUT2D eigenvalue weighted by Crippen LogP contribution is -2.62. The Labute approximate surface area is 284 Å². The molecule has 2 aromatic carbocycles.